The molecule has 0 atom stereocenters. The molecule has 12 heteroatoms. The first-order valence-electron chi connectivity index (χ1n) is 24.1. The normalized spacial score (nSPS) is 14.7. The van der Waals surface area contributed by atoms with Crippen molar-refractivity contribution >= 4 is 71.4 Å². The summed E-state index contributed by atoms with van der Waals surface area (Å²) in [6, 6.07) is 53.8. The first-order valence-corrected chi connectivity index (χ1v) is 24.1. The molecule has 1 saturated heterocycles. The number of benzene rings is 6. The third-order valence-electron chi connectivity index (χ3n) is 13.0. The van der Waals surface area contributed by atoms with E-state index in [1.165, 1.54) is 5.56 Å². The first-order chi connectivity index (χ1) is 32.7. The monoisotopic (exact) mass is 1100 g/mol. The Labute approximate surface area is 430 Å². The van der Waals surface area contributed by atoms with Crippen LogP contribution in [0.15, 0.2) is 140 Å². The SMILES string of the molecule is CC(C)(C)B1OB(c2cccc(C(C)(C)C)c2N2[CH-]N(c3[c-]c(Oc4[c-]c5c(cc4)c4cc(-c6ccccc6)ccc4n5-c4cc(C(C)(C)C)ccn4)ccc3)c3ccccc32)OB(C(C)(C)C)O1.[Pt]. The van der Waals surface area contributed by atoms with Gasteiger partial charge in [0.1, 0.15) is 5.82 Å². The molecule has 0 radical (unpaired) electrons. The van der Waals surface area contributed by atoms with Crippen molar-refractivity contribution in [3.8, 4) is 28.4 Å². The minimum atomic E-state index is -0.682. The molecule has 0 spiro atoms. The van der Waals surface area contributed by atoms with Crippen molar-refractivity contribution in [2.45, 2.75) is 105 Å². The van der Waals surface area contributed by atoms with Crippen molar-refractivity contribution in [3.63, 3.8) is 0 Å². The molecule has 10 rings (SSSR count). The minimum Gasteiger partial charge on any atom is -0.509 e. The predicted molar refractivity (Wildman–Crippen MR) is 287 cm³/mol. The van der Waals surface area contributed by atoms with Crippen LogP contribution in [-0.4, -0.2) is 30.9 Å². The zero-order chi connectivity index (χ0) is 48.6. The molecule has 358 valence electrons. The fourth-order valence-electron chi connectivity index (χ4n) is 9.30. The molecule has 0 N–H and O–H groups in total. The largest absolute Gasteiger partial charge is 0.509 e. The molecule has 1 fully saturated rings. The van der Waals surface area contributed by atoms with E-state index in [4.69, 9.17) is 23.4 Å². The average Bonchev–Trinajstić information content (AvgIpc) is 3.86. The molecule has 2 aromatic heterocycles. The van der Waals surface area contributed by atoms with Crippen LogP contribution in [0.3, 0.4) is 0 Å². The second kappa shape index (κ2) is 18.6. The molecule has 70 heavy (non-hydrogen) atoms. The summed E-state index contributed by atoms with van der Waals surface area (Å²) in [5.74, 6) is 1.97. The predicted octanol–water partition coefficient (Wildman–Crippen LogP) is 14.6. The van der Waals surface area contributed by atoms with Gasteiger partial charge in [-0.05, 0) is 79.4 Å². The van der Waals surface area contributed by atoms with E-state index < -0.39 is 21.4 Å². The zero-order valence-corrected chi connectivity index (χ0v) is 44.6. The van der Waals surface area contributed by atoms with Gasteiger partial charge in [0.15, 0.2) is 0 Å². The van der Waals surface area contributed by atoms with Crippen LogP contribution in [0.4, 0.5) is 22.7 Å². The van der Waals surface area contributed by atoms with Crippen molar-refractivity contribution in [2.24, 2.45) is 0 Å². The molecule has 0 bridgehead atoms. The van der Waals surface area contributed by atoms with E-state index in [1.54, 1.807) is 0 Å². The fraction of sp³-hybridized carbons (Fsp3) is 0.276. The van der Waals surface area contributed by atoms with Gasteiger partial charge in [0.2, 0.25) is 0 Å². The van der Waals surface area contributed by atoms with E-state index >= 15 is 0 Å². The van der Waals surface area contributed by atoms with Crippen LogP contribution < -0.4 is 20.0 Å². The van der Waals surface area contributed by atoms with E-state index in [0.29, 0.717) is 11.5 Å². The second-order valence-electron chi connectivity index (χ2n) is 22.6. The van der Waals surface area contributed by atoms with Crippen LogP contribution in [0.1, 0.15) is 94.2 Å². The quantitative estimate of drug-likeness (QED) is 0.116. The van der Waals surface area contributed by atoms with Crippen LogP contribution in [0.2, 0.25) is 10.6 Å². The number of aromatic nitrogens is 2. The number of anilines is 4. The van der Waals surface area contributed by atoms with Crippen LogP contribution in [0.5, 0.6) is 11.5 Å². The minimum absolute atomic E-state index is 0. The Morgan fingerprint density at radius 2 is 1.23 bits per heavy atom. The van der Waals surface area contributed by atoms with E-state index in [-0.39, 0.29) is 42.5 Å². The molecule has 6 aromatic carbocycles. The fourth-order valence-corrected chi connectivity index (χ4v) is 9.30. The number of fused-ring (bicyclic) bond motifs is 4. The smallest absolute Gasteiger partial charge is 0.468 e. The third kappa shape index (κ3) is 9.51. The molecule has 2 aliphatic rings. The molecule has 8 aromatic rings. The number of hydrogen-bond acceptors (Lipinski definition) is 7. The Morgan fingerprint density at radius 3 is 1.90 bits per heavy atom. The van der Waals surface area contributed by atoms with Gasteiger partial charge < -0.3 is 32.8 Å². The van der Waals surface area contributed by atoms with Crippen LogP contribution in [0, 0.1) is 18.8 Å². The average molecular weight is 1100 g/mol. The topological polar surface area (TPSA) is 61.2 Å². The van der Waals surface area contributed by atoms with Gasteiger partial charge >= 0.3 is 21.4 Å². The Morgan fingerprint density at radius 1 is 0.571 bits per heavy atom. The summed E-state index contributed by atoms with van der Waals surface area (Å²) in [6.07, 6.45) is 1.90. The number of rotatable bonds is 7. The first kappa shape index (κ1) is 49.4. The number of ether oxygens (including phenoxy) is 1. The number of nitrogens with zero attached hydrogens (tertiary/aromatic N) is 4. The molecule has 0 saturated carbocycles. The van der Waals surface area contributed by atoms with Crippen molar-refractivity contribution in [3.05, 3.63) is 170 Å². The van der Waals surface area contributed by atoms with Gasteiger partial charge in [0, 0.05) is 66.8 Å². The van der Waals surface area contributed by atoms with E-state index in [9.17, 15) is 0 Å². The summed E-state index contributed by atoms with van der Waals surface area (Å²) in [4.78, 5) is 9.39. The van der Waals surface area contributed by atoms with Gasteiger partial charge in [-0.15, -0.1) is 48.1 Å². The molecule has 0 aliphatic carbocycles. The van der Waals surface area contributed by atoms with Gasteiger partial charge in [-0.25, -0.2) is 4.98 Å². The van der Waals surface area contributed by atoms with Crippen molar-refractivity contribution in [2.75, 3.05) is 9.80 Å². The number of hydrogen-bond donors (Lipinski definition) is 0. The molecule has 4 heterocycles. The molecule has 0 unspecified atom stereocenters. The summed E-state index contributed by atoms with van der Waals surface area (Å²) in [6.45, 7) is 28.4. The summed E-state index contributed by atoms with van der Waals surface area (Å²) >= 11 is 0. The maximum absolute atomic E-state index is 6.79. The van der Waals surface area contributed by atoms with Crippen molar-refractivity contribution in [1.82, 2.24) is 9.55 Å². The Hall–Kier alpha value is -5.57. The van der Waals surface area contributed by atoms with Gasteiger partial charge in [0.05, 0.1) is 0 Å². The molecule has 8 nitrogen and oxygen atoms in total. The Kier molecular flexibility index (Phi) is 13.1. The van der Waals surface area contributed by atoms with Crippen LogP contribution in [-0.2, 0) is 45.6 Å². The van der Waals surface area contributed by atoms with Gasteiger partial charge in [-0.1, -0.05) is 161 Å². The van der Waals surface area contributed by atoms with E-state index in [0.717, 1.165) is 72.5 Å². The van der Waals surface area contributed by atoms with Crippen molar-refractivity contribution < 1.29 is 39.5 Å². The molecular weight excluding hydrogens is 1040 g/mol. The van der Waals surface area contributed by atoms with E-state index in [2.05, 4.69) is 225 Å². The summed E-state index contributed by atoms with van der Waals surface area (Å²) in [5.41, 5.74) is 11.1. The van der Waals surface area contributed by atoms with Crippen molar-refractivity contribution in [1.29, 1.82) is 0 Å². The third-order valence-corrected chi connectivity index (χ3v) is 13.0. The summed E-state index contributed by atoms with van der Waals surface area (Å²) in [7, 11) is -1.65. The van der Waals surface area contributed by atoms with Gasteiger partial charge in [-0.2, -0.15) is 12.1 Å². The number of pyridine rings is 1. The standard InChI is InChI=1S/C58H60B3N4O4.Pt/c1-55(2,3)41-32-33-62-53(35-41)65-49-31-28-40(39-20-14-13-15-21-39)34-46(49)45-30-29-44(37-52(45)65)66-43-23-18-22-42(36-43)63-38-64(51-27-17-16-26-50(51)63)54-47(56(4,5)6)24-19-25-48(54)59-67-60(57(7,8)9)69-61(68-59)58(10,11)12;/h13-35,38H,1-12H3;/q-3;. The molecular formula is C58H60B3N4O4Pt-3. The molecule has 0 amide bonds. The van der Waals surface area contributed by atoms with E-state index in [1.807, 2.05) is 30.5 Å². The maximum atomic E-state index is 6.79. The van der Waals surface area contributed by atoms with Crippen LogP contribution >= 0.6 is 0 Å². The van der Waals surface area contributed by atoms with Crippen LogP contribution in [0.25, 0.3) is 38.8 Å². The Balaban J connectivity index is 0.00000608. The molecule has 2 aliphatic heterocycles. The second-order valence-corrected chi connectivity index (χ2v) is 22.6. The number of para-hydroxylation sites is 3. The summed E-state index contributed by atoms with van der Waals surface area (Å²) < 4.78 is 29.0. The van der Waals surface area contributed by atoms with Gasteiger partial charge in [0.25, 0.3) is 0 Å². The Bertz CT molecular complexity index is 3190. The summed E-state index contributed by atoms with van der Waals surface area (Å²) in [5, 5.41) is 1.60. The zero-order valence-electron chi connectivity index (χ0n) is 42.3. The maximum Gasteiger partial charge on any atom is 0.468 e. The van der Waals surface area contributed by atoms with Gasteiger partial charge in [-0.3, -0.25) is 0 Å².